The lowest BCUT2D eigenvalue weighted by Gasteiger charge is -2.47. The molecule has 1 aromatic heterocycles. The van der Waals surface area contributed by atoms with Crippen molar-refractivity contribution in [2.24, 2.45) is 0 Å². The number of nitrogens with zero attached hydrogens (tertiary/aromatic N) is 2. The monoisotopic (exact) mass is 400 g/mol. The first-order chi connectivity index (χ1) is 14.1. The van der Waals surface area contributed by atoms with Gasteiger partial charge in [-0.1, -0.05) is 12.1 Å². The topological polar surface area (TPSA) is 55.2 Å². The van der Waals surface area contributed by atoms with E-state index in [9.17, 15) is 4.79 Å². The first-order valence-corrected chi connectivity index (χ1v) is 10.6. The quantitative estimate of drug-likeness (QED) is 0.746. The summed E-state index contributed by atoms with van der Waals surface area (Å²) in [7, 11) is 5.45. The van der Waals surface area contributed by atoms with Gasteiger partial charge in [0.2, 0.25) is 5.91 Å². The molecular formula is C23H32N2O4. The zero-order chi connectivity index (χ0) is 20.4. The molecule has 1 aromatic carbocycles. The fourth-order valence-electron chi connectivity index (χ4n) is 5.16. The van der Waals surface area contributed by atoms with Crippen molar-refractivity contribution in [3.63, 3.8) is 0 Å². The van der Waals surface area contributed by atoms with Crippen molar-refractivity contribution in [2.75, 3.05) is 34.4 Å². The Morgan fingerprint density at radius 2 is 1.86 bits per heavy atom. The molecule has 29 heavy (non-hydrogen) atoms. The molecule has 1 saturated carbocycles. The molecule has 0 unspecified atom stereocenters. The SMILES string of the molecule is CO[C@H]1C[C@@H](N2CCCC2)[C@H](N(C)C(=O)Cc2cccc3occc23)C[C@H]1OC. The lowest BCUT2D eigenvalue weighted by atomic mass is 9.84. The van der Waals surface area contributed by atoms with E-state index in [0.29, 0.717) is 12.5 Å². The summed E-state index contributed by atoms with van der Waals surface area (Å²) in [6, 6.07) is 8.28. The van der Waals surface area contributed by atoms with Gasteiger partial charge in [-0.05, 0) is 56.5 Å². The molecule has 6 heteroatoms. The van der Waals surface area contributed by atoms with Crippen LogP contribution in [0.5, 0.6) is 0 Å². The zero-order valence-corrected chi connectivity index (χ0v) is 17.7. The van der Waals surface area contributed by atoms with E-state index in [2.05, 4.69) is 4.90 Å². The second-order valence-corrected chi connectivity index (χ2v) is 8.33. The Balaban J connectivity index is 1.54. The first kappa shape index (κ1) is 20.4. The van der Waals surface area contributed by atoms with Gasteiger partial charge in [-0.15, -0.1) is 0 Å². The van der Waals surface area contributed by atoms with Gasteiger partial charge in [0.05, 0.1) is 24.9 Å². The number of methoxy groups -OCH3 is 2. The maximum Gasteiger partial charge on any atom is 0.227 e. The zero-order valence-electron chi connectivity index (χ0n) is 17.7. The minimum Gasteiger partial charge on any atom is -0.464 e. The number of hydrogen-bond donors (Lipinski definition) is 0. The van der Waals surface area contributed by atoms with E-state index < -0.39 is 0 Å². The van der Waals surface area contributed by atoms with Gasteiger partial charge in [0, 0.05) is 38.7 Å². The highest BCUT2D eigenvalue weighted by Crippen LogP contribution is 2.32. The van der Waals surface area contributed by atoms with Crippen LogP contribution < -0.4 is 0 Å². The number of fused-ring (bicyclic) bond motifs is 1. The van der Waals surface area contributed by atoms with Gasteiger partial charge in [-0.2, -0.15) is 0 Å². The van der Waals surface area contributed by atoms with Crippen molar-refractivity contribution in [1.82, 2.24) is 9.80 Å². The first-order valence-electron chi connectivity index (χ1n) is 10.6. The van der Waals surface area contributed by atoms with Crippen LogP contribution in [0.3, 0.4) is 0 Å². The number of furan rings is 1. The molecule has 2 aromatic rings. The van der Waals surface area contributed by atoms with Crippen molar-refractivity contribution in [2.45, 2.75) is 56.4 Å². The minimum absolute atomic E-state index is 0.0106. The van der Waals surface area contributed by atoms with Gasteiger partial charge in [-0.25, -0.2) is 0 Å². The second kappa shape index (κ2) is 8.86. The van der Waals surface area contributed by atoms with Crippen molar-refractivity contribution in [3.05, 3.63) is 36.1 Å². The number of hydrogen-bond acceptors (Lipinski definition) is 5. The maximum absolute atomic E-state index is 13.3. The van der Waals surface area contributed by atoms with Crippen molar-refractivity contribution in [3.8, 4) is 0 Å². The molecule has 4 rings (SSSR count). The third-order valence-corrected chi connectivity index (χ3v) is 6.84. The third-order valence-electron chi connectivity index (χ3n) is 6.84. The Bertz CT molecular complexity index is 829. The number of carbonyl (C=O) groups excluding carboxylic acids is 1. The molecule has 158 valence electrons. The molecule has 2 heterocycles. The van der Waals surface area contributed by atoms with Crippen LogP contribution in [0.1, 0.15) is 31.2 Å². The largest absolute Gasteiger partial charge is 0.464 e. The predicted octanol–water partition coefficient (Wildman–Crippen LogP) is 3.09. The number of amides is 1. The summed E-state index contributed by atoms with van der Waals surface area (Å²) in [6.07, 6.45) is 6.30. The van der Waals surface area contributed by atoms with Crippen LogP contribution in [-0.4, -0.2) is 74.4 Å². The highest BCUT2D eigenvalue weighted by molar-refractivity contribution is 5.87. The summed E-state index contributed by atoms with van der Waals surface area (Å²) >= 11 is 0. The molecule has 1 amide bonds. The second-order valence-electron chi connectivity index (χ2n) is 8.33. The lowest BCUT2D eigenvalue weighted by Crippen LogP contribution is -2.59. The van der Waals surface area contributed by atoms with Crippen LogP contribution in [-0.2, 0) is 20.7 Å². The number of likely N-dealkylation sites (N-methyl/N-ethyl adjacent to an activating group) is 1. The summed E-state index contributed by atoms with van der Waals surface area (Å²) in [5, 5.41) is 1.02. The molecule has 1 aliphatic carbocycles. The van der Waals surface area contributed by atoms with Crippen LogP contribution in [0.25, 0.3) is 11.0 Å². The standard InChI is InChI=1S/C23H32N2O4/c1-24(23(26)13-16-7-6-8-20-17(16)9-12-29-20)18-14-21(27-2)22(28-3)15-19(18)25-10-4-5-11-25/h6-9,12,18-19,21-22H,4-5,10-11,13-15H2,1-3H3/t18-,19-,21-,22+/m1/s1. The van der Waals surface area contributed by atoms with Crippen molar-refractivity contribution >= 4 is 16.9 Å². The number of carbonyl (C=O) groups is 1. The summed E-state index contributed by atoms with van der Waals surface area (Å²) in [6.45, 7) is 2.21. The molecule has 4 atom stereocenters. The Kier molecular flexibility index (Phi) is 6.23. The Labute approximate surface area is 172 Å². The fraction of sp³-hybridized carbons (Fsp3) is 0.609. The maximum atomic E-state index is 13.3. The number of benzene rings is 1. The van der Waals surface area contributed by atoms with E-state index in [0.717, 1.165) is 42.5 Å². The normalized spacial score (nSPS) is 28.1. The van der Waals surface area contributed by atoms with E-state index in [-0.39, 0.29) is 24.2 Å². The van der Waals surface area contributed by atoms with Gasteiger partial charge < -0.3 is 18.8 Å². The van der Waals surface area contributed by atoms with Gasteiger partial charge in [-0.3, -0.25) is 9.69 Å². The highest BCUT2D eigenvalue weighted by Gasteiger charge is 2.43. The fourth-order valence-corrected chi connectivity index (χ4v) is 5.16. The van der Waals surface area contributed by atoms with Gasteiger partial charge in [0.15, 0.2) is 0 Å². The van der Waals surface area contributed by atoms with E-state index >= 15 is 0 Å². The molecule has 0 spiro atoms. The molecule has 2 aliphatic rings. The van der Waals surface area contributed by atoms with Crippen molar-refractivity contribution in [1.29, 1.82) is 0 Å². The Morgan fingerprint density at radius 3 is 2.59 bits per heavy atom. The van der Waals surface area contributed by atoms with Crippen LogP contribution >= 0.6 is 0 Å². The predicted molar refractivity (Wildman–Crippen MR) is 112 cm³/mol. The van der Waals surface area contributed by atoms with E-state index in [4.69, 9.17) is 13.9 Å². The Morgan fingerprint density at radius 1 is 1.14 bits per heavy atom. The van der Waals surface area contributed by atoms with E-state index in [1.54, 1.807) is 20.5 Å². The third kappa shape index (κ3) is 4.06. The summed E-state index contributed by atoms with van der Waals surface area (Å²) in [5.74, 6) is 0.138. The van der Waals surface area contributed by atoms with E-state index in [1.165, 1.54) is 12.8 Å². The van der Waals surface area contributed by atoms with Gasteiger partial charge in [0.1, 0.15) is 5.58 Å². The summed E-state index contributed by atoms with van der Waals surface area (Å²) in [4.78, 5) is 17.8. The summed E-state index contributed by atoms with van der Waals surface area (Å²) in [5.41, 5.74) is 1.84. The average molecular weight is 401 g/mol. The van der Waals surface area contributed by atoms with Crippen molar-refractivity contribution < 1.29 is 18.7 Å². The summed E-state index contributed by atoms with van der Waals surface area (Å²) < 4.78 is 17.0. The number of likely N-dealkylation sites (tertiary alicyclic amines) is 1. The molecule has 1 aliphatic heterocycles. The van der Waals surface area contributed by atoms with Crippen LogP contribution in [0.4, 0.5) is 0 Å². The molecular weight excluding hydrogens is 368 g/mol. The lowest BCUT2D eigenvalue weighted by molar-refractivity contribution is -0.140. The molecule has 0 radical (unpaired) electrons. The van der Waals surface area contributed by atoms with Gasteiger partial charge in [0.25, 0.3) is 0 Å². The molecule has 0 bridgehead atoms. The number of ether oxygens (including phenoxy) is 2. The molecule has 0 N–H and O–H groups in total. The molecule has 6 nitrogen and oxygen atoms in total. The van der Waals surface area contributed by atoms with Crippen LogP contribution in [0.15, 0.2) is 34.9 Å². The molecule has 2 fully saturated rings. The van der Waals surface area contributed by atoms with Crippen LogP contribution in [0.2, 0.25) is 0 Å². The highest BCUT2D eigenvalue weighted by atomic mass is 16.5. The number of rotatable bonds is 6. The Hall–Kier alpha value is -1.89. The van der Waals surface area contributed by atoms with Crippen LogP contribution in [0, 0.1) is 0 Å². The smallest absolute Gasteiger partial charge is 0.227 e. The van der Waals surface area contributed by atoms with E-state index in [1.807, 2.05) is 36.2 Å². The molecule has 1 saturated heterocycles. The minimum atomic E-state index is 0.0106. The average Bonchev–Trinajstić information content (AvgIpc) is 3.44. The van der Waals surface area contributed by atoms with Gasteiger partial charge >= 0.3 is 0 Å².